The number of hydrogen-bond acceptors (Lipinski definition) is 2. The van der Waals surface area contributed by atoms with Crippen molar-refractivity contribution in [3.63, 3.8) is 0 Å². The zero-order chi connectivity index (χ0) is 19.1. The van der Waals surface area contributed by atoms with Gasteiger partial charge in [0.15, 0.2) is 0 Å². The summed E-state index contributed by atoms with van der Waals surface area (Å²) < 4.78 is 6.08. The first kappa shape index (κ1) is 22.5. The molecular formula is C23H44O2. The molecule has 0 spiro atoms. The predicted molar refractivity (Wildman–Crippen MR) is 108 cm³/mol. The molecule has 2 nitrogen and oxygen atoms in total. The van der Waals surface area contributed by atoms with Crippen LogP contribution in [-0.2, 0) is 9.53 Å². The average Bonchev–Trinajstić information content (AvgIpc) is 2.53. The van der Waals surface area contributed by atoms with Gasteiger partial charge in [-0.15, -0.1) is 0 Å². The highest BCUT2D eigenvalue weighted by Gasteiger charge is 2.45. The number of ether oxygens (including phenoxy) is 1. The molecule has 2 heteroatoms. The van der Waals surface area contributed by atoms with E-state index in [1.54, 1.807) is 0 Å². The molecule has 0 aliphatic heterocycles. The zero-order valence-electron chi connectivity index (χ0n) is 18.1. The van der Waals surface area contributed by atoms with Crippen LogP contribution >= 0.6 is 0 Å². The Labute approximate surface area is 157 Å². The van der Waals surface area contributed by atoms with Gasteiger partial charge in [0.05, 0.1) is 5.92 Å². The lowest BCUT2D eigenvalue weighted by Gasteiger charge is -2.44. The maximum absolute atomic E-state index is 13.3. The van der Waals surface area contributed by atoms with Gasteiger partial charge in [-0.25, -0.2) is 0 Å². The fraction of sp³-hybridized carbons (Fsp3) is 0.957. The van der Waals surface area contributed by atoms with Crippen molar-refractivity contribution in [1.82, 2.24) is 0 Å². The third-order valence-corrected chi connectivity index (χ3v) is 6.73. The zero-order valence-corrected chi connectivity index (χ0v) is 18.1. The summed E-state index contributed by atoms with van der Waals surface area (Å²) in [5, 5.41) is 0. The second kappa shape index (κ2) is 9.97. The van der Waals surface area contributed by atoms with Gasteiger partial charge in [-0.3, -0.25) is 4.79 Å². The lowest BCUT2D eigenvalue weighted by molar-refractivity contribution is -0.165. The molecule has 0 aromatic heterocycles. The Morgan fingerprint density at radius 1 is 0.960 bits per heavy atom. The Hall–Kier alpha value is -0.530. The van der Waals surface area contributed by atoms with Gasteiger partial charge in [0.2, 0.25) is 0 Å². The number of esters is 1. The summed E-state index contributed by atoms with van der Waals surface area (Å²) >= 11 is 0. The second-order valence-corrected chi connectivity index (χ2v) is 9.79. The third kappa shape index (κ3) is 6.61. The van der Waals surface area contributed by atoms with Crippen molar-refractivity contribution < 1.29 is 9.53 Å². The maximum Gasteiger partial charge on any atom is 0.310 e. The van der Waals surface area contributed by atoms with E-state index in [1.807, 2.05) is 0 Å². The average molecular weight is 353 g/mol. The predicted octanol–water partition coefficient (Wildman–Crippen LogP) is 7.16. The molecule has 148 valence electrons. The normalized spacial score (nSPS) is 19.5. The van der Waals surface area contributed by atoms with Gasteiger partial charge >= 0.3 is 5.97 Å². The third-order valence-electron chi connectivity index (χ3n) is 6.73. The summed E-state index contributed by atoms with van der Waals surface area (Å²) in [6.07, 6.45) is 11.8. The smallest absolute Gasteiger partial charge is 0.310 e. The monoisotopic (exact) mass is 352 g/mol. The number of carbonyl (C=O) groups excluding carboxylic acids is 1. The molecule has 0 bridgehead atoms. The lowest BCUT2D eigenvalue weighted by Crippen LogP contribution is -2.44. The summed E-state index contributed by atoms with van der Waals surface area (Å²) in [7, 11) is 0. The van der Waals surface area contributed by atoms with Crippen LogP contribution in [0.3, 0.4) is 0 Å². The molecule has 1 aliphatic carbocycles. The van der Waals surface area contributed by atoms with Gasteiger partial charge in [-0.2, -0.15) is 0 Å². The molecule has 0 amide bonds. The first-order valence-corrected chi connectivity index (χ1v) is 10.9. The van der Waals surface area contributed by atoms with E-state index in [1.165, 1.54) is 32.1 Å². The van der Waals surface area contributed by atoms with E-state index >= 15 is 0 Å². The molecule has 1 aliphatic rings. The number of unbranched alkanes of at least 4 members (excludes halogenated alkanes) is 1. The van der Waals surface area contributed by atoms with Crippen LogP contribution in [0.1, 0.15) is 113 Å². The fourth-order valence-corrected chi connectivity index (χ4v) is 4.73. The summed E-state index contributed by atoms with van der Waals surface area (Å²) in [6.45, 7) is 16.0. The van der Waals surface area contributed by atoms with Crippen LogP contribution in [-0.4, -0.2) is 12.1 Å². The summed E-state index contributed by atoms with van der Waals surface area (Å²) in [5.41, 5.74) is 0.153. The van der Waals surface area contributed by atoms with Crippen LogP contribution < -0.4 is 0 Å². The molecule has 1 rings (SSSR count). The highest BCUT2D eigenvalue weighted by Crippen LogP contribution is 2.46. The van der Waals surface area contributed by atoms with Crippen molar-refractivity contribution in [2.45, 2.75) is 119 Å². The topological polar surface area (TPSA) is 26.3 Å². The molecule has 0 aromatic carbocycles. The van der Waals surface area contributed by atoms with Crippen LogP contribution in [0.5, 0.6) is 0 Å². The van der Waals surface area contributed by atoms with Crippen molar-refractivity contribution in [1.29, 1.82) is 0 Å². The van der Waals surface area contributed by atoms with Crippen LogP contribution in [0.2, 0.25) is 0 Å². The molecule has 0 radical (unpaired) electrons. The molecule has 0 saturated heterocycles. The Morgan fingerprint density at radius 2 is 1.56 bits per heavy atom. The first-order valence-electron chi connectivity index (χ1n) is 10.9. The summed E-state index contributed by atoms with van der Waals surface area (Å²) in [5.74, 6) is 0.391. The van der Waals surface area contributed by atoms with Crippen LogP contribution in [0.25, 0.3) is 0 Å². The SMILES string of the molecule is CCCCC(C)(C)C(C(=O)OC1CCCCC1)C(C)C(C)(C)CCC. The van der Waals surface area contributed by atoms with Gasteiger partial charge in [-0.1, -0.05) is 74.1 Å². The highest BCUT2D eigenvalue weighted by atomic mass is 16.5. The van der Waals surface area contributed by atoms with E-state index in [4.69, 9.17) is 4.74 Å². The molecule has 0 heterocycles. The van der Waals surface area contributed by atoms with Crippen molar-refractivity contribution in [3.8, 4) is 0 Å². The van der Waals surface area contributed by atoms with Crippen molar-refractivity contribution in [3.05, 3.63) is 0 Å². The maximum atomic E-state index is 13.3. The van der Waals surface area contributed by atoms with E-state index in [2.05, 4.69) is 48.5 Å². The lowest BCUT2D eigenvalue weighted by atomic mass is 9.61. The minimum Gasteiger partial charge on any atom is -0.462 e. The van der Waals surface area contributed by atoms with Crippen LogP contribution in [0.15, 0.2) is 0 Å². The van der Waals surface area contributed by atoms with Gasteiger partial charge < -0.3 is 4.74 Å². The van der Waals surface area contributed by atoms with Crippen LogP contribution in [0.4, 0.5) is 0 Å². The minimum atomic E-state index is -0.0115. The molecule has 2 atom stereocenters. The molecule has 0 N–H and O–H groups in total. The number of rotatable bonds is 10. The molecule has 1 fully saturated rings. The molecule has 25 heavy (non-hydrogen) atoms. The second-order valence-electron chi connectivity index (χ2n) is 9.79. The van der Waals surface area contributed by atoms with E-state index in [-0.39, 0.29) is 28.8 Å². The molecule has 1 saturated carbocycles. The highest BCUT2D eigenvalue weighted by molar-refractivity contribution is 5.74. The Balaban J connectivity index is 2.98. The molecule has 0 aromatic rings. The van der Waals surface area contributed by atoms with Crippen molar-refractivity contribution in [2.24, 2.45) is 22.7 Å². The Morgan fingerprint density at radius 3 is 2.08 bits per heavy atom. The Kier molecular flexibility index (Phi) is 8.98. The van der Waals surface area contributed by atoms with Gasteiger partial charge in [0, 0.05) is 0 Å². The van der Waals surface area contributed by atoms with Gasteiger partial charge in [0.1, 0.15) is 6.10 Å². The van der Waals surface area contributed by atoms with Crippen molar-refractivity contribution in [2.75, 3.05) is 0 Å². The quantitative estimate of drug-likeness (QED) is 0.390. The summed E-state index contributed by atoms with van der Waals surface area (Å²) in [4.78, 5) is 13.3. The molecular weight excluding hydrogens is 308 g/mol. The van der Waals surface area contributed by atoms with E-state index < -0.39 is 0 Å². The first-order chi connectivity index (χ1) is 11.7. The van der Waals surface area contributed by atoms with E-state index in [0.717, 1.165) is 32.1 Å². The molecule has 2 unspecified atom stereocenters. The van der Waals surface area contributed by atoms with E-state index in [0.29, 0.717) is 5.92 Å². The van der Waals surface area contributed by atoms with Crippen LogP contribution in [0, 0.1) is 22.7 Å². The van der Waals surface area contributed by atoms with Gasteiger partial charge in [0.25, 0.3) is 0 Å². The minimum absolute atomic E-state index is 0.00775. The number of hydrogen-bond donors (Lipinski definition) is 0. The van der Waals surface area contributed by atoms with Crippen molar-refractivity contribution >= 4 is 5.97 Å². The van der Waals surface area contributed by atoms with E-state index in [9.17, 15) is 4.79 Å². The Bertz CT molecular complexity index is 391. The summed E-state index contributed by atoms with van der Waals surface area (Å²) in [6, 6.07) is 0. The largest absolute Gasteiger partial charge is 0.462 e. The number of carbonyl (C=O) groups is 1. The standard InChI is InChI=1S/C23H44O2/c1-8-10-17-23(6,7)20(18(3)22(4,5)16-9-2)21(24)25-19-14-12-11-13-15-19/h18-20H,8-17H2,1-7H3. The fourth-order valence-electron chi connectivity index (χ4n) is 4.73. The van der Waals surface area contributed by atoms with Gasteiger partial charge in [-0.05, 0) is 55.3 Å².